The van der Waals surface area contributed by atoms with Crippen molar-refractivity contribution in [1.82, 2.24) is 10.6 Å². The van der Waals surface area contributed by atoms with Gasteiger partial charge in [0.25, 0.3) is 11.8 Å². The average Bonchev–Trinajstić information content (AvgIpc) is 2.74. The van der Waals surface area contributed by atoms with Crippen LogP contribution in [-0.4, -0.2) is 25.0 Å². The van der Waals surface area contributed by atoms with Crippen LogP contribution in [-0.2, 0) is 4.79 Å². The van der Waals surface area contributed by atoms with E-state index < -0.39 is 17.3 Å². The molecule has 0 atom stereocenters. The first-order valence-corrected chi connectivity index (χ1v) is 9.57. The van der Waals surface area contributed by atoms with E-state index >= 15 is 0 Å². The number of ether oxygens (including phenoxy) is 1. The van der Waals surface area contributed by atoms with Crippen molar-refractivity contribution in [2.24, 2.45) is 0 Å². The minimum absolute atomic E-state index is 0.0346. The van der Waals surface area contributed by atoms with Crippen LogP contribution in [0.15, 0.2) is 70.0 Å². The molecule has 3 aromatic rings. The molecule has 3 rings (SSSR count). The number of rotatable bonds is 8. The smallest absolute Gasteiger partial charge is 0.336 e. The van der Waals surface area contributed by atoms with E-state index in [0.717, 1.165) is 6.07 Å². The molecule has 0 unspecified atom stereocenters. The van der Waals surface area contributed by atoms with Crippen molar-refractivity contribution in [3.8, 4) is 5.75 Å². The Bertz CT molecular complexity index is 1210. The molecule has 2 amide bonds. The van der Waals surface area contributed by atoms with Crippen LogP contribution in [0.2, 0.25) is 5.02 Å². The molecule has 2 N–H and O–H groups in total. The molecule has 0 saturated heterocycles. The van der Waals surface area contributed by atoms with Gasteiger partial charge in [-0.1, -0.05) is 18.2 Å². The first kappa shape index (κ1) is 22.0. The van der Waals surface area contributed by atoms with Crippen LogP contribution in [0.1, 0.15) is 16.8 Å². The van der Waals surface area contributed by atoms with Crippen LogP contribution < -0.4 is 21.0 Å². The second-order valence-electron chi connectivity index (χ2n) is 6.53. The zero-order valence-corrected chi connectivity index (χ0v) is 17.0. The molecule has 0 spiro atoms. The summed E-state index contributed by atoms with van der Waals surface area (Å²) in [5, 5.41) is 5.85. The van der Waals surface area contributed by atoms with Gasteiger partial charge in [-0.15, -0.1) is 0 Å². The normalized spacial score (nSPS) is 10.5. The molecule has 1 aromatic heterocycles. The fraction of sp³-hybridized carbons (Fsp3) is 0.136. The van der Waals surface area contributed by atoms with Crippen LogP contribution in [0.5, 0.6) is 5.75 Å². The standard InChI is InChI=1S/C22H18ClFN2O5/c1-13(8-9-25-20(27)12-30-16-4-5-17(23)18(24)11-16)26-22(29)15-2-6-19-14(10-15)3-7-21(28)31-19/h2-7,10-11H,1,8-9,12H2,(H,25,27)(H,26,29). The Hall–Kier alpha value is -3.65. The number of fused-ring (bicyclic) bond motifs is 1. The van der Waals surface area contributed by atoms with Gasteiger partial charge in [-0.05, 0) is 36.4 Å². The molecule has 0 aliphatic carbocycles. The van der Waals surface area contributed by atoms with E-state index in [1.165, 1.54) is 24.3 Å². The van der Waals surface area contributed by atoms with E-state index in [9.17, 15) is 18.8 Å². The third kappa shape index (κ3) is 6.16. The zero-order chi connectivity index (χ0) is 22.4. The molecule has 0 aliphatic heterocycles. The number of carbonyl (C=O) groups excluding carboxylic acids is 2. The molecule has 2 aromatic carbocycles. The van der Waals surface area contributed by atoms with Crippen molar-refractivity contribution in [2.45, 2.75) is 6.42 Å². The lowest BCUT2D eigenvalue weighted by Gasteiger charge is -2.10. The van der Waals surface area contributed by atoms with Crippen LogP contribution >= 0.6 is 11.6 Å². The Labute approximate surface area is 181 Å². The first-order valence-electron chi connectivity index (χ1n) is 9.19. The Morgan fingerprint density at radius 3 is 2.71 bits per heavy atom. The largest absolute Gasteiger partial charge is 0.484 e. The zero-order valence-electron chi connectivity index (χ0n) is 16.2. The molecule has 7 nitrogen and oxygen atoms in total. The number of hydrogen-bond acceptors (Lipinski definition) is 5. The highest BCUT2D eigenvalue weighted by Crippen LogP contribution is 2.20. The minimum Gasteiger partial charge on any atom is -0.484 e. The van der Waals surface area contributed by atoms with Crippen LogP contribution in [0.4, 0.5) is 4.39 Å². The SMILES string of the molecule is C=C(CCNC(=O)COc1ccc(Cl)c(F)c1)NC(=O)c1ccc2oc(=O)ccc2c1. The van der Waals surface area contributed by atoms with Gasteiger partial charge in [0.15, 0.2) is 6.61 Å². The van der Waals surface area contributed by atoms with Gasteiger partial charge in [-0.25, -0.2) is 9.18 Å². The lowest BCUT2D eigenvalue weighted by Crippen LogP contribution is -2.31. The molecule has 31 heavy (non-hydrogen) atoms. The van der Waals surface area contributed by atoms with E-state index in [-0.39, 0.29) is 29.8 Å². The summed E-state index contributed by atoms with van der Waals surface area (Å²) in [6.45, 7) is 3.70. The van der Waals surface area contributed by atoms with Gasteiger partial charge in [0, 0.05) is 41.7 Å². The molecule has 0 saturated carbocycles. The van der Waals surface area contributed by atoms with E-state index in [1.54, 1.807) is 18.2 Å². The predicted octanol–water partition coefficient (Wildman–Crippen LogP) is 3.41. The third-order valence-electron chi connectivity index (χ3n) is 4.18. The molecular formula is C22H18ClFN2O5. The van der Waals surface area contributed by atoms with Crippen molar-refractivity contribution in [3.63, 3.8) is 0 Å². The van der Waals surface area contributed by atoms with Gasteiger partial charge in [0.2, 0.25) is 0 Å². The summed E-state index contributed by atoms with van der Waals surface area (Å²) in [6, 6.07) is 11.4. The fourth-order valence-electron chi connectivity index (χ4n) is 2.63. The summed E-state index contributed by atoms with van der Waals surface area (Å²) in [4.78, 5) is 35.4. The quantitative estimate of drug-likeness (QED) is 0.519. The second-order valence-corrected chi connectivity index (χ2v) is 6.94. The Balaban J connectivity index is 1.42. The van der Waals surface area contributed by atoms with Crippen molar-refractivity contribution in [2.75, 3.05) is 13.2 Å². The topological polar surface area (TPSA) is 97.6 Å². The molecule has 0 radical (unpaired) electrons. The number of hydrogen-bond donors (Lipinski definition) is 2. The predicted molar refractivity (Wildman–Crippen MR) is 114 cm³/mol. The highest BCUT2D eigenvalue weighted by molar-refractivity contribution is 6.30. The summed E-state index contributed by atoms with van der Waals surface area (Å²) in [5.41, 5.74) is 0.695. The Morgan fingerprint density at radius 1 is 1.13 bits per heavy atom. The van der Waals surface area contributed by atoms with Crippen molar-refractivity contribution >= 4 is 34.4 Å². The maximum Gasteiger partial charge on any atom is 0.336 e. The lowest BCUT2D eigenvalue weighted by atomic mass is 10.1. The summed E-state index contributed by atoms with van der Waals surface area (Å²) < 4.78 is 23.6. The number of nitrogens with one attached hydrogen (secondary N) is 2. The average molecular weight is 445 g/mol. The molecule has 0 fully saturated rings. The van der Waals surface area contributed by atoms with Crippen molar-refractivity contribution in [3.05, 3.63) is 87.6 Å². The highest BCUT2D eigenvalue weighted by atomic mass is 35.5. The van der Waals surface area contributed by atoms with Crippen molar-refractivity contribution in [1.29, 1.82) is 0 Å². The highest BCUT2D eigenvalue weighted by Gasteiger charge is 2.10. The minimum atomic E-state index is -0.637. The van der Waals surface area contributed by atoms with Gasteiger partial charge < -0.3 is 19.8 Å². The number of carbonyl (C=O) groups is 2. The second kappa shape index (κ2) is 9.90. The van der Waals surface area contributed by atoms with Crippen LogP contribution in [0, 0.1) is 5.82 Å². The molecule has 9 heteroatoms. The fourth-order valence-corrected chi connectivity index (χ4v) is 2.75. The van der Waals surface area contributed by atoms with E-state index in [1.807, 2.05) is 0 Å². The molecule has 160 valence electrons. The van der Waals surface area contributed by atoms with Gasteiger partial charge in [0.1, 0.15) is 17.1 Å². The number of halogens is 2. The number of benzene rings is 2. The Morgan fingerprint density at radius 2 is 1.94 bits per heavy atom. The Kier molecular flexibility index (Phi) is 7.04. The maximum atomic E-state index is 13.3. The van der Waals surface area contributed by atoms with Gasteiger partial charge in [-0.3, -0.25) is 9.59 Å². The number of amides is 2. The van der Waals surface area contributed by atoms with E-state index in [4.69, 9.17) is 20.8 Å². The molecule has 0 aliphatic rings. The summed E-state index contributed by atoms with van der Waals surface area (Å²) in [7, 11) is 0. The summed E-state index contributed by atoms with van der Waals surface area (Å²) >= 11 is 5.58. The van der Waals surface area contributed by atoms with Crippen molar-refractivity contribution < 1.29 is 23.1 Å². The van der Waals surface area contributed by atoms with Gasteiger partial charge in [-0.2, -0.15) is 0 Å². The lowest BCUT2D eigenvalue weighted by molar-refractivity contribution is -0.123. The molecular weight excluding hydrogens is 427 g/mol. The van der Waals surface area contributed by atoms with Gasteiger partial charge >= 0.3 is 5.63 Å². The van der Waals surface area contributed by atoms with Gasteiger partial charge in [0.05, 0.1) is 5.02 Å². The van der Waals surface area contributed by atoms with E-state index in [0.29, 0.717) is 28.7 Å². The molecule has 1 heterocycles. The van der Waals surface area contributed by atoms with Crippen LogP contribution in [0.25, 0.3) is 11.0 Å². The monoisotopic (exact) mass is 444 g/mol. The van der Waals surface area contributed by atoms with Crippen LogP contribution in [0.3, 0.4) is 0 Å². The summed E-state index contributed by atoms with van der Waals surface area (Å²) in [5.74, 6) is -1.24. The maximum absolute atomic E-state index is 13.3. The molecule has 0 bridgehead atoms. The first-order chi connectivity index (χ1) is 14.8. The summed E-state index contributed by atoms with van der Waals surface area (Å²) in [6.07, 6.45) is 0.301. The van der Waals surface area contributed by atoms with E-state index in [2.05, 4.69) is 17.2 Å². The third-order valence-corrected chi connectivity index (χ3v) is 4.49.